The molecule has 0 aromatic carbocycles. The summed E-state index contributed by atoms with van der Waals surface area (Å²) in [6.07, 6.45) is 1.49. The SMILES string of the molecule is CCOC(=O)C(CN(C)C)C(=O)c1cccnc1Cl. The number of hydrogen-bond donors (Lipinski definition) is 0. The topological polar surface area (TPSA) is 59.5 Å². The second-order valence-corrected chi connectivity index (χ2v) is 4.63. The van der Waals surface area contributed by atoms with Crippen LogP contribution in [-0.4, -0.2) is 48.9 Å². The number of esters is 1. The summed E-state index contributed by atoms with van der Waals surface area (Å²) in [5.74, 6) is -1.80. The number of aromatic nitrogens is 1. The van der Waals surface area contributed by atoms with E-state index in [1.807, 2.05) is 0 Å². The first-order valence-corrected chi connectivity index (χ1v) is 6.31. The Hall–Kier alpha value is -1.46. The summed E-state index contributed by atoms with van der Waals surface area (Å²) >= 11 is 5.88. The van der Waals surface area contributed by atoms with E-state index in [9.17, 15) is 9.59 Å². The molecule has 0 amide bonds. The van der Waals surface area contributed by atoms with Crippen molar-refractivity contribution in [3.8, 4) is 0 Å². The van der Waals surface area contributed by atoms with Crippen molar-refractivity contribution in [1.29, 1.82) is 0 Å². The molecule has 0 saturated carbocycles. The number of Topliss-reactive ketones (excluding diaryl/α,β-unsaturated/α-hetero) is 1. The number of ketones is 1. The van der Waals surface area contributed by atoms with Gasteiger partial charge in [0.2, 0.25) is 0 Å². The highest BCUT2D eigenvalue weighted by Crippen LogP contribution is 2.18. The molecular formula is C13H17ClN2O3. The van der Waals surface area contributed by atoms with Crippen molar-refractivity contribution in [3.63, 3.8) is 0 Å². The molecule has 1 unspecified atom stereocenters. The van der Waals surface area contributed by atoms with E-state index >= 15 is 0 Å². The fourth-order valence-corrected chi connectivity index (χ4v) is 1.84. The van der Waals surface area contributed by atoms with Crippen molar-refractivity contribution >= 4 is 23.4 Å². The van der Waals surface area contributed by atoms with Gasteiger partial charge in [-0.3, -0.25) is 9.59 Å². The largest absolute Gasteiger partial charge is 0.465 e. The van der Waals surface area contributed by atoms with E-state index in [0.717, 1.165) is 0 Å². The third-order valence-electron chi connectivity index (χ3n) is 2.46. The zero-order valence-corrected chi connectivity index (χ0v) is 12.0. The summed E-state index contributed by atoms with van der Waals surface area (Å²) in [4.78, 5) is 29.8. The van der Waals surface area contributed by atoms with Gasteiger partial charge in [0, 0.05) is 12.7 Å². The maximum Gasteiger partial charge on any atom is 0.318 e. The molecular weight excluding hydrogens is 268 g/mol. The fourth-order valence-electron chi connectivity index (χ4n) is 1.63. The lowest BCUT2D eigenvalue weighted by atomic mass is 9.98. The number of hydrogen-bond acceptors (Lipinski definition) is 5. The van der Waals surface area contributed by atoms with Crippen LogP contribution in [0.25, 0.3) is 0 Å². The second-order valence-electron chi connectivity index (χ2n) is 4.27. The number of rotatable bonds is 6. The fraction of sp³-hybridized carbons (Fsp3) is 0.462. The average molecular weight is 285 g/mol. The Kier molecular flexibility index (Phi) is 5.92. The minimum Gasteiger partial charge on any atom is -0.465 e. The summed E-state index contributed by atoms with van der Waals surface area (Å²) in [6.45, 7) is 2.20. The van der Waals surface area contributed by atoms with E-state index in [2.05, 4.69) is 4.98 Å². The van der Waals surface area contributed by atoms with Crippen LogP contribution in [0.1, 0.15) is 17.3 Å². The van der Waals surface area contributed by atoms with Gasteiger partial charge >= 0.3 is 5.97 Å². The molecule has 19 heavy (non-hydrogen) atoms. The molecule has 0 N–H and O–H groups in total. The molecule has 0 bridgehead atoms. The van der Waals surface area contributed by atoms with Crippen molar-refractivity contribution in [1.82, 2.24) is 9.88 Å². The number of nitrogens with zero attached hydrogens (tertiary/aromatic N) is 2. The average Bonchev–Trinajstić information content (AvgIpc) is 2.36. The van der Waals surface area contributed by atoms with Gasteiger partial charge in [0.1, 0.15) is 11.1 Å². The second kappa shape index (κ2) is 7.21. The number of carbonyl (C=O) groups excluding carboxylic acids is 2. The zero-order chi connectivity index (χ0) is 14.4. The van der Waals surface area contributed by atoms with Gasteiger partial charge in [-0.2, -0.15) is 0 Å². The third-order valence-corrected chi connectivity index (χ3v) is 2.76. The highest BCUT2D eigenvalue weighted by molar-refractivity contribution is 6.33. The Morgan fingerprint density at radius 3 is 2.68 bits per heavy atom. The smallest absolute Gasteiger partial charge is 0.318 e. The highest BCUT2D eigenvalue weighted by atomic mass is 35.5. The predicted octanol–water partition coefficient (Wildman–Crippen LogP) is 1.66. The standard InChI is InChI=1S/C13H17ClN2O3/c1-4-19-13(18)10(8-16(2)3)11(17)9-6-5-7-15-12(9)14/h5-7,10H,4,8H2,1-3H3. The Labute approximate surface area is 117 Å². The van der Waals surface area contributed by atoms with E-state index in [1.165, 1.54) is 6.20 Å². The first-order chi connectivity index (χ1) is 8.97. The molecule has 0 spiro atoms. The molecule has 104 valence electrons. The van der Waals surface area contributed by atoms with E-state index in [1.54, 1.807) is 38.1 Å². The molecule has 5 nitrogen and oxygen atoms in total. The minimum absolute atomic E-state index is 0.0977. The molecule has 0 aliphatic carbocycles. The first kappa shape index (κ1) is 15.6. The normalized spacial score (nSPS) is 12.3. The van der Waals surface area contributed by atoms with Gasteiger partial charge in [-0.25, -0.2) is 4.98 Å². The Morgan fingerprint density at radius 1 is 1.47 bits per heavy atom. The van der Waals surface area contributed by atoms with E-state index in [0.29, 0.717) is 0 Å². The van der Waals surface area contributed by atoms with Crippen LogP contribution in [-0.2, 0) is 9.53 Å². The Bertz CT molecular complexity index is 463. The Balaban J connectivity index is 3.00. The summed E-state index contributed by atoms with van der Waals surface area (Å²) in [6, 6.07) is 3.16. The van der Waals surface area contributed by atoms with Crippen molar-refractivity contribution < 1.29 is 14.3 Å². The minimum atomic E-state index is -0.892. The predicted molar refractivity (Wildman–Crippen MR) is 72.3 cm³/mol. The van der Waals surface area contributed by atoms with Gasteiger partial charge in [-0.05, 0) is 33.2 Å². The van der Waals surface area contributed by atoms with Crippen LogP contribution in [0, 0.1) is 5.92 Å². The van der Waals surface area contributed by atoms with Crippen molar-refractivity contribution in [2.75, 3.05) is 27.2 Å². The van der Waals surface area contributed by atoms with Gasteiger partial charge in [0.15, 0.2) is 5.78 Å². The van der Waals surface area contributed by atoms with Gasteiger partial charge in [0.05, 0.1) is 12.2 Å². The van der Waals surface area contributed by atoms with Gasteiger partial charge in [-0.1, -0.05) is 11.6 Å². The van der Waals surface area contributed by atoms with E-state index in [-0.39, 0.29) is 29.7 Å². The number of ether oxygens (including phenoxy) is 1. The van der Waals surface area contributed by atoms with E-state index in [4.69, 9.17) is 16.3 Å². The Morgan fingerprint density at radius 2 is 2.16 bits per heavy atom. The lowest BCUT2D eigenvalue weighted by Gasteiger charge is -2.18. The quantitative estimate of drug-likeness (QED) is 0.344. The molecule has 0 fully saturated rings. The maximum absolute atomic E-state index is 12.4. The molecule has 1 rings (SSSR count). The number of halogens is 1. The lowest BCUT2D eigenvalue weighted by molar-refractivity contribution is -0.146. The van der Waals surface area contributed by atoms with Crippen molar-refractivity contribution in [2.45, 2.75) is 6.92 Å². The first-order valence-electron chi connectivity index (χ1n) is 5.93. The number of carbonyl (C=O) groups is 2. The zero-order valence-electron chi connectivity index (χ0n) is 11.2. The van der Waals surface area contributed by atoms with Crippen LogP contribution < -0.4 is 0 Å². The molecule has 0 radical (unpaired) electrons. The molecule has 1 heterocycles. The summed E-state index contributed by atoms with van der Waals surface area (Å²) in [5, 5.41) is 0.0977. The molecule has 1 aromatic heterocycles. The van der Waals surface area contributed by atoms with Gasteiger partial charge in [-0.15, -0.1) is 0 Å². The lowest BCUT2D eigenvalue weighted by Crippen LogP contribution is -2.35. The van der Waals surface area contributed by atoms with Crippen molar-refractivity contribution in [2.24, 2.45) is 5.92 Å². The molecule has 6 heteroatoms. The van der Waals surface area contributed by atoms with E-state index < -0.39 is 11.9 Å². The summed E-state index contributed by atoms with van der Waals surface area (Å²) in [5.41, 5.74) is 0.240. The van der Waals surface area contributed by atoms with Crippen LogP contribution in [0.2, 0.25) is 5.15 Å². The summed E-state index contributed by atoms with van der Waals surface area (Å²) in [7, 11) is 3.56. The van der Waals surface area contributed by atoms with Crippen LogP contribution in [0.15, 0.2) is 18.3 Å². The monoisotopic (exact) mass is 284 g/mol. The van der Waals surface area contributed by atoms with Crippen LogP contribution in [0.3, 0.4) is 0 Å². The molecule has 1 aromatic rings. The third kappa shape index (κ3) is 4.29. The molecule has 0 aliphatic heterocycles. The van der Waals surface area contributed by atoms with Gasteiger partial charge in [0.25, 0.3) is 0 Å². The summed E-state index contributed by atoms with van der Waals surface area (Å²) < 4.78 is 4.94. The highest BCUT2D eigenvalue weighted by Gasteiger charge is 2.30. The number of pyridine rings is 1. The molecule has 0 saturated heterocycles. The molecule has 1 atom stereocenters. The maximum atomic E-state index is 12.4. The van der Waals surface area contributed by atoms with Crippen molar-refractivity contribution in [3.05, 3.63) is 29.0 Å². The van der Waals surface area contributed by atoms with Crippen LogP contribution in [0.4, 0.5) is 0 Å². The van der Waals surface area contributed by atoms with Gasteiger partial charge < -0.3 is 9.64 Å². The van der Waals surface area contributed by atoms with Crippen LogP contribution >= 0.6 is 11.6 Å². The van der Waals surface area contributed by atoms with Crippen LogP contribution in [0.5, 0.6) is 0 Å². The molecule has 0 aliphatic rings.